The van der Waals surface area contributed by atoms with Crippen LogP contribution >= 0.6 is 0 Å². The number of aromatic nitrogens is 1. The summed E-state index contributed by atoms with van der Waals surface area (Å²) in [5.41, 5.74) is 1.13. The third kappa shape index (κ3) is 3.07. The number of likely N-dealkylation sites (tertiary alicyclic amines) is 1. The van der Waals surface area contributed by atoms with E-state index in [0.717, 1.165) is 31.4 Å². The van der Waals surface area contributed by atoms with Gasteiger partial charge in [-0.15, -0.1) is 0 Å². The first-order chi connectivity index (χ1) is 8.70. The fraction of sp³-hybridized carbons (Fsp3) is 0.571. The van der Waals surface area contributed by atoms with Gasteiger partial charge in [0.25, 0.3) is 0 Å². The summed E-state index contributed by atoms with van der Waals surface area (Å²) in [5.74, 6) is -0.137. The van der Waals surface area contributed by atoms with Gasteiger partial charge in [-0.3, -0.25) is 14.7 Å². The van der Waals surface area contributed by atoms with E-state index in [-0.39, 0.29) is 6.04 Å². The fourth-order valence-electron chi connectivity index (χ4n) is 2.63. The molecule has 18 heavy (non-hydrogen) atoms. The van der Waals surface area contributed by atoms with Crippen molar-refractivity contribution in [3.05, 3.63) is 30.1 Å². The molecule has 98 valence electrons. The Hall–Kier alpha value is -1.42. The maximum absolute atomic E-state index is 11.4. The maximum Gasteiger partial charge on any atom is 0.320 e. The molecule has 1 saturated heterocycles. The molecule has 1 aromatic rings. The van der Waals surface area contributed by atoms with Crippen LogP contribution in [0.4, 0.5) is 0 Å². The molecule has 1 fully saturated rings. The minimum absolute atomic E-state index is 0.336. The van der Waals surface area contributed by atoms with Gasteiger partial charge in [-0.05, 0) is 43.0 Å². The van der Waals surface area contributed by atoms with E-state index in [2.05, 4.69) is 16.8 Å². The number of nitrogens with zero attached hydrogens (tertiary/aromatic N) is 2. The normalized spacial score (nSPS) is 24.9. The van der Waals surface area contributed by atoms with Crippen molar-refractivity contribution < 1.29 is 9.90 Å². The van der Waals surface area contributed by atoms with E-state index < -0.39 is 5.97 Å². The third-order valence-corrected chi connectivity index (χ3v) is 3.82. The van der Waals surface area contributed by atoms with Gasteiger partial charge in [-0.25, -0.2) is 0 Å². The van der Waals surface area contributed by atoms with Gasteiger partial charge in [0.05, 0.1) is 0 Å². The lowest BCUT2D eigenvalue weighted by molar-refractivity contribution is -0.145. The molecular formula is C14H20N2O2. The SMILES string of the molecule is CCC1CCN(Cc2ccncc2)C(C(=O)O)C1. The van der Waals surface area contributed by atoms with Crippen molar-refractivity contribution in [2.75, 3.05) is 6.54 Å². The highest BCUT2D eigenvalue weighted by Gasteiger charge is 2.32. The van der Waals surface area contributed by atoms with Gasteiger partial charge in [-0.2, -0.15) is 0 Å². The van der Waals surface area contributed by atoms with E-state index in [1.807, 2.05) is 12.1 Å². The number of aliphatic carboxylic acids is 1. The molecule has 2 atom stereocenters. The molecule has 0 aromatic carbocycles. The smallest absolute Gasteiger partial charge is 0.320 e. The molecule has 0 radical (unpaired) electrons. The Morgan fingerprint density at radius 3 is 2.83 bits per heavy atom. The van der Waals surface area contributed by atoms with Gasteiger partial charge in [0.2, 0.25) is 0 Å². The quantitative estimate of drug-likeness (QED) is 0.887. The standard InChI is InChI=1S/C14H20N2O2/c1-2-11-5-8-16(13(9-11)14(17)18)10-12-3-6-15-7-4-12/h3-4,6-7,11,13H,2,5,8-10H2,1H3,(H,17,18). The average molecular weight is 248 g/mol. The van der Waals surface area contributed by atoms with Crippen LogP contribution in [0.15, 0.2) is 24.5 Å². The zero-order valence-electron chi connectivity index (χ0n) is 10.7. The molecule has 1 N–H and O–H groups in total. The summed E-state index contributed by atoms with van der Waals surface area (Å²) < 4.78 is 0. The Morgan fingerprint density at radius 1 is 1.50 bits per heavy atom. The molecule has 0 bridgehead atoms. The Morgan fingerprint density at radius 2 is 2.22 bits per heavy atom. The maximum atomic E-state index is 11.4. The topological polar surface area (TPSA) is 53.4 Å². The van der Waals surface area contributed by atoms with Crippen molar-refractivity contribution in [1.82, 2.24) is 9.88 Å². The van der Waals surface area contributed by atoms with Crippen LogP contribution in [0.5, 0.6) is 0 Å². The summed E-state index contributed by atoms with van der Waals surface area (Å²) >= 11 is 0. The first-order valence-corrected chi connectivity index (χ1v) is 6.56. The molecule has 0 amide bonds. The predicted molar refractivity (Wildman–Crippen MR) is 69.1 cm³/mol. The highest BCUT2D eigenvalue weighted by molar-refractivity contribution is 5.73. The predicted octanol–water partition coefficient (Wildman–Crippen LogP) is 2.16. The van der Waals surface area contributed by atoms with Gasteiger partial charge in [0.1, 0.15) is 6.04 Å². The summed E-state index contributed by atoms with van der Waals surface area (Å²) in [4.78, 5) is 17.4. The van der Waals surface area contributed by atoms with Crippen LogP contribution in [-0.4, -0.2) is 33.5 Å². The van der Waals surface area contributed by atoms with Crippen LogP contribution < -0.4 is 0 Å². The monoisotopic (exact) mass is 248 g/mol. The minimum atomic E-state index is -0.692. The summed E-state index contributed by atoms with van der Waals surface area (Å²) in [5, 5.41) is 9.35. The molecule has 4 nitrogen and oxygen atoms in total. The lowest BCUT2D eigenvalue weighted by Crippen LogP contribution is -2.46. The summed E-state index contributed by atoms with van der Waals surface area (Å²) in [6.45, 7) is 3.72. The number of hydrogen-bond donors (Lipinski definition) is 1. The number of rotatable bonds is 4. The van der Waals surface area contributed by atoms with Crippen LogP contribution in [0.25, 0.3) is 0 Å². The number of hydrogen-bond acceptors (Lipinski definition) is 3. The largest absolute Gasteiger partial charge is 0.480 e. The van der Waals surface area contributed by atoms with Gasteiger partial charge in [0, 0.05) is 18.9 Å². The Labute approximate surface area is 108 Å². The van der Waals surface area contributed by atoms with E-state index in [9.17, 15) is 9.90 Å². The molecule has 2 unspecified atom stereocenters. The zero-order chi connectivity index (χ0) is 13.0. The number of carbonyl (C=O) groups is 1. The molecule has 1 aliphatic heterocycles. The van der Waals surface area contributed by atoms with E-state index >= 15 is 0 Å². The first kappa shape index (κ1) is 13.0. The third-order valence-electron chi connectivity index (χ3n) is 3.82. The van der Waals surface area contributed by atoms with Gasteiger partial charge < -0.3 is 5.11 Å². The van der Waals surface area contributed by atoms with Gasteiger partial charge in [-0.1, -0.05) is 13.3 Å². The summed E-state index contributed by atoms with van der Waals surface area (Å²) in [6.07, 6.45) is 6.46. The van der Waals surface area contributed by atoms with Gasteiger partial charge in [0.15, 0.2) is 0 Å². The molecule has 0 aliphatic carbocycles. The first-order valence-electron chi connectivity index (χ1n) is 6.56. The Bertz CT molecular complexity index is 394. The molecule has 1 aliphatic rings. The molecule has 2 heterocycles. The molecular weight excluding hydrogens is 228 g/mol. The van der Waals surface area contributed by atoms with Crippen LogP contribution in [0.1, 0.15) is 31.7 Å². The Balaban J connectivity index is 2.04. The van der Waals surface area contributed by atoms with Crippen molar-refractivity contribution in [1.29, 1.82) is 0 Å². The van der Waals surface area contributed by atoms with E-state index in [0.29, 0.717) is 12.5 Å². The number of carboxylic acid groups (broad SMARTS) is 1. The molecule has 4 heteroatoms. The van der Waals surface area contributed by atoms with E-state index in [1.165, 1.54) is 0 Å². The van der Waals surface area contributed by atoms with Crippen molar-refractivity contribution in [2.24, 2.45) is 5.92 Å². The molecule has 0 saturated carbocycles. The van der Waals surface area contributed by atoms with Crippen molar-refractivity contribution in [2.45, 2.75) is 38.8 Å². The lowest BCUT2D eigenvalue weighted by atomic mass is 9.88. The van der Waals surface area contributed by atoms with Gasteiger partial charge >= 0.3 is 5.97 Å². The van der Waals surface area contributed by atoms with E-state index in [4.69, 9.17) is 0 Å². The minimum Gasteiger partial charge on any atom is -0.480 e. The highest BCUT2D eigenvalue weighted by atomic mass is 16.4. The highest BCUT2D eigenvalue weighted by Crippen LogP contribution is 2.26. The summed E-state index contributed by atoms with van der Waals surface area (Å²) in [7, 11) is 0. The second kappa shape index (κ2) is 5.96. The summed E-state index contributed by atoms with van der Waals surface area (Å²) in [6, 6.07) is 3.56. The zero-order valence-corrected chi connectivity index (χ0v) is 10.7. The van der Waals surface area contributed by atoms with Crippen LogP contribution in [0.3, 0.4) is 0 Å². The van der Waals surface area contributed by atoms with Crippen LogP contribution in [-0.2, 0) is 11.3 Å². The van der Waals surface area contributed by atoms with Crippen LogP contribution in [0, 0.1) is 5.92 Å². The average Bonchev–Trinajstić information content (AvgIpc) is 2.40. The van der Waals surface area contributed by atoms with E-state index in [1.54, 1.807) is 12.4 Å². The number of pyridine rings is 1. The molecule has 1 aromatic heterocycles. The molecule has 2 rings (SSSR count). The second-order valence-corrected chi connectivity index (χ2v) is 4.98. The fourth-order valence-corrected chi connectivity index (χ4v) is 2.63. The van der Waals surface area contributed by atoms with Crippen molar-refractivity contribution in [3.63, 3.8) is 0 Å². The second-order valence-electron chi connectivity index (χ2n) is 4.98. The number of piperidine rings is 1. The lowest BCUT2D eigenvalue weighted by Gasteiger charge is -2.36. The molecule has 0 spiro atoms. The number of carboxylic acids is 1. The van der Waals surface area contributed by atoms with Crippen molar-refractivity contribution >= 4 is 5.97 Å². The Kier molecular flexibility index (Phi) is 4.31. The van der Waals surface area contributed by atoms with Crippen molar-refractivity contribution in [3.8, 4) is 0 Å². The van der Waals surface area contributed by atoms with Crippen LogP contribution in [0.2, 0.25) is 0 Å².